The summed E-state index contributed by atoms with van der Waals surface area (Å²) in [5.41, 5.74) is 9.65. The van der Waals surface area contributed by atoms with E-state index in [0.29, 0.717) is 0 Å². The average Bonchev–Trinajstić information content (AvgIpc) is 2.86. The summed E-state index contributed by atoms with van der Waals surface area (Å²) in [7, 11) is -2.56. The maximum absolute atomic E-state index is 9.75. The number of halogens is 4. The van der Waals surface area contributed by atoms with E-state index in [1.54, 1.807) is 14.2 Å². The fraction of sp³-hybridized carbons (Fsp3) is 0.167. The molecule has 0 N–H and O–H groups in total. The molecule has 8 heteroatoms. The van der Waals surface area contributed by atoms with Gasteiger partial charge in [0.25, 0.3) is 0 Å². The van der Waals surface area contributed by atoms with Gasteiger partial charge >= 0.3 is 7.25 Å². The lowest BCUT2D eigenvalue weighted by Crippen LogP contribution is -2.33. The van der Waals surface area contributed by atoms with Crippen molar-refractivity contribution in [2.75, 3.05) is 14.2 Å². The first-order chi connectivity index (χ1) is 18.0. The highest BCUT2D eigenvalue weighted by Gasteiger charge is 2.26. The Morgan fingerprint density at radius 1 is 0.605 bits per heavy atom. The van der Waals surface area contributed by atoms with Crippen molar-refractivity contribution in [3.05, 3.63) is 95.6 Å². The Morgan fingerprint density at radius 3 is 1.47 bits per heavy atom. The molecule has 5 rings (SSSR count). The van der Waals surface area contributed by atoms with Crippen LogP contribution in [0.15, 0.2) is 78.9 Å². The van der Waals surface area contributed by atoms with Crippen molar-refractivity contribution >= 4 is 29.1 Å². The molecule has 0 aliphatic carbocycles. The molecule has 0 fully saturated rings. The molecule has 0 spiro atoms. The number of nitrogens with zero attached hydrogens (tertiary/aromatic N) is 1. The summed E-state index contributed by atoms with van der Waals surface area (Å²) in [4.78, 5) is 0. The van der Waals surface area contributed by atoms with E-state index in [-0.39, 0.29) is 0 Å². The lowest BCUT2D eigenvalue weighted by atomic mass is 9.88. The van der Waals surface area contributed by atoms with E-state index in [4.69, 9.17) is 9.47 Å². The largest absolute Gasteiger partial charge is 0.673 e. The Kier molecular flexibility index (Phi) is 7.62. The fourth-order valence-corrected chi connectivity index (χ4v) is 5.05. The molecule has 3 nitrogen and oxygen atoms in total. The maximum atomic E-state index is 9.75. The number of methoxy groups -OCH3 is 2. The Hall–Kier alpha value is -4.07. The molecule has 1 aromatic heterocycles. The van der Waals surface area contributed by atoms with Gasteiger partial charge in [0, 0.05) is 29.8 Å². The molecule has 0 aliphatic heterocycles. The molecule has 0 aliphatic rings. The van der Waals surface area contributed by atoms with Crippen LogP contribution in [-0.2, 0) is 0 Å². The molecule has 0 atom stereocenters. The highest BCUT2D eigenvalue weighted by molar-refractivity contribution is 6.50. The number of pyridine rings is 1. The Labute approximate surface area is 219 Å². The normalized spacial score (nSPS) is 11.3. The van der Waals surface area contributed by atoms with Crippen molar-refractivity contribution in [2.24, 2.45) is 0 Å². The number of rotatable bonds is 4. The van der Waals surface area contributed by atoms with Crippen LogP contribution in [-0.4, -0.2) is 21.5 Å². The second-order valence-corrected chi connectivity index (χ2v) is 9.08. The molecule has 0 saturated carbocycles. The van der Waals surface area contributed by atoms with Gasteiger partial charge in [-0.3, -0.25) is 0 Å². The van der Waals surface area contributed by atoms with Crippen molar-refractivity contribution in [3.8, 4) is 28.3 Å². The number of aromatic nitrogens is 1. The summed E-state index contributed by atoms with van der Waals surface area (Å²) < 4.78 is 52.6. The first-order valence-electron chi connectivity index (χ1n) is 12.1. The van der Waals surface area contributed by atoms with Gasteiger partial charge in [-0.05, 0) is 61.7 Å². The Morgan fingerprint density at radius 2 is 1.05 bits per heavy atom. The molecule has 0 amide bonds. The summed E-state index contributed by atoms with van der Waals surface area (Å²) in [6.45, 7) is 6.55. The second kappa shape index (κ2) is 10.7. The van der Waals surface area contributed by atoms with Crippen LogP contribution >= 0.6 is 0 Å². The van der Waals surface area contributed by atoms with E-state index in [1.165, 1.54) is 27.8 Å². The second-order valence-electron chi connectivity index (χ2n) is 9.08. The SMILES string of the molecule is COc1ccc2c(c1)c(-c1c(C)cc(C)cc1C)c1cc(OC)ccc1[n+]2-c1ccccc1.F[B-](F)(F)F. The van der Waals surface area contributed by atoms with Crippen LogP contribution < -0.4 is 14.0 Å². The van der Waals surface area contributed by atoms with E-state index in [0.717, 1.165) is 39.0 Å². The van der Waals surface area contributed by atoms with E-state index >= 15 is 0 Å². The van der Waals surface area contributed by atoms with E-state index < -0.39 is 7.25 Å². The molecule has 0 saturated heterocycles. The van der Waals surface area contributed by atoms with Crippen molar-refractivity contribution in [1.82, 2.24) is 0 Å². The zero-order valence-corrected chi connectivity index (χ0v) is 21.9. The summed E-state index contributed by atoms with van der Waals surface area (Å²) in [5, 5.41) is 2.29. The number of hydrogen-bond donors (Lipinski definition) is 0. The van der Waals surface area contributed by atoms with Crippen molar-refractivity contribution in [2.45, 2.75) is 20.8 Å². The first kappa shape index (κ1) is 27.0. The molecule has 4 aromatic carbocycles. The predicted octanol–water partition coefficient (Wildman–Crippen LogP) is 8.18. The van der Waals surface area contributed by atoms with Gasteiger partial charge in [0.1, 0.15) is 11.5 Å². The number of benzene rings is 4. The van der Waals surface area contributed by atoms with Gasteiger partial charge in [0.2, 0.25) is 16.7 Å². The fourth-order valence-electron chi connectivity index (χ4n) is 5.05. The van der Waals surface area contributed by atoms with E-state index in [9.17, 15) is 17.3 Å². The number of fused-ring (bicyclic) bond motifs is 2. The smallest absolute Gasteiger partial charge is 0.497 e. The van der Waals surface area contributed by atoms with Crippen LogP contribution in [0.1, 0.15) is 16.7 Å². The van der Waals surface area contributed by atoms with Crippen molar-refractivity contribution in [1.29, 1.82) is 0 Å². The topological polar surface area (TPSA) is 22.3 Å². The quantitative estimate of drug-likeness (QED) is 0.103. The van der Waals surface area contributed by atoms with Gasteiger partial charge in [0.15, 0.2) is 0 Å². The molecule has 5 aromatic rings. The summed E-state index contributed by atoms with van der Waals surface area (Å²) in [6, 6.07) is 27.7. The van der Waals surface area contributed by atoms with Gasteiger partial charge in [-0.1, -0.05) is 35.9 Å². The number of aryl methyl sites for hydroxylation is 3. The monoisotopic (exact) mass is 521 g/mol. The summed E-state index contributed by atoms with van der Waals surface area (Å²) >= 11 is 0. The number of para-hydroxylation sites is 1. The first-order valence-corrected chi connectivity index (χ1v) is 12.1. The lowest BCUT2D eigenvalue weighted by molar-refractivity contribution is -0.537. The van der Waals surface area contributed by atoms with Gasteiger partial charge in [0.05, 0.1) is 25.0 Å². The lowest BCUT2D eigenvalue weighted by Gasteiger charge is -2.17. The van der Waals surface area contributed by atoms with Crippen LogP contribution in [0.3, 0.4) is 0 Å². The standard InChI is InChI=1S/C30H28NO2.BF4/c1-19-15-20(2)29(21(3)16-19)30-25-17-23(32-4)11-13-27(25)31(22-9-7-6-8-10-22)28-14-12-24(33-5)18-26(28)30;2-1(3,4)5/h6-18H,1-5H3;/q+1;-1. The molecule has 196 valence electrons. The van der Waals surface area contributed by atoms with Crippen molar-refractivity contribution in [3.63, 3.8) is 0 Å². The zero-order chi connectivity index (χ0) is 27.6. The third kappa shape index (κ3) is 5.59. The minimum absolute atomic E-state index is 0.841. The van der Waals surface area contributed by atoms with Crippen LogP contribution in [0.4, 0.5) is 17.3 Å². The van der Waals surface area contributed by atoms with Gasteiger partial charge in [-0.15, -0.1) is 0 Å². The average molecular weight is 521 g/mol. The third-order valence-corrected chi connectivity index (χ3v) is 6.37. The van der Waals surface area contributed by atoms with Gasteiger partial charge in [-0.25, -0.2) is 0 Å². The predicted molar refractivity (Wildman–Crippen MR) is 146 cm³/mol. The van der Waals surface area contributed by atoms with Crippen LogP contribution in [0.2, 0.25) is 0 Å². The van der Waals surface area contributed by atoms with E-state index in [1.807, 2.05) is 18.2 Å². The zero-order valence-electron chi connectivity index (χ0n) is 21.9. The molecular formula is C30H28BF4NO2. The third-order valence-electron chi connectivity index (χ3n) is 6.37. The molecule has 1 heterocycles. The maximum Gasteiger partial charge on any atom is 0.673 e. The van der Waals surface area contributed by atoms with Crippen LogP contribution in [0, 0.1) is 20.8 Å². The molecule has 0 bridgehead atoms. The summed E-state index contributed by atoms with van der Waals surface area (Å²) in [5.74, 6) is 1.68. The Bertz CT molecular complexity index is 1520. The summed E-state index contributed by atoms with van der Waals surface area (Å²) in [6.07, 6.45) is 0. The van der Waals surface area contributed by atoms with Gasteiger partial charge in [-0.2, -0.15) is 4.57 Å². The highest BCUT2D eigenvalue weighted by atomic mass is 19.5. The van der Waals surface area contributed by atoms with Crippen LogP contribution in [0.25, 0.3) is 38.6 Å². The number of hydrogen-bond acceptors (Lipinski definition) is 2. The van der Waals surface area contributed by atoms with Crippen molar-refractivity contribution < 1.29 is 31.3 Å². The number of ether oxygens (including phenoxy) is 2. The molecule has 0 unspecified atom stereocenters. The molecular weight excluding hydrogens is 493 g/mol. The molecule has 0 radical (unpaired) electrons. The molecule has 38 heavy (non-hydrogen) atoms. The minimum atomic E-state index is -6.00. The van der Waals surface area contributed by atoms with Gasteiger partial charge < -0.3 is 26.7 Å². The minimum Gasteiger partial charge on any atom is -0.497 e. The van der Waals surface area contributed by atoms with E-state index in [2.05, 4.69) is 86.0 Å². The Balaban J connectivity index is 0.000000617. The van der Waals surface area contributed by atoms with Crippen LogP contribution in [0.5, 0.6) is 11.5 Å². The highest BCUT2D eigenvalue weighted by Crippen LogP contribution is 2.40.